The highest BCUT2D eigenvalue weighted by atomic mass is 16.5. The molecule has 5 unspecified atom stereocenters. The molecule has 0 spiro atoms. The molecule has 1 aliphatic heterocycles. The fraction of sp³-hybridized carbons (Fsp3) is 0.786. The highest BCUT2D eigenvalue weighted by Gasteiger charge is 2.40. The van der Waals surface area contributed by atoms with Crippen LogP contribution in [0, 0.1) is 17.8 Å². The largest absolute Gasteiger partial charge is 0.516 e. The summed E-state index contributed by atoms with van der Waals surface area (Å²) in [6.45, 7) is 13.8. The Bertz CT molecular complexity index is 614. The van der Waals surface area contributed by atoms with Gasteiger partial charge >= 0.3 is 0 Å². The second-order valence-corrected chi connectivity index (χ2v) is 10.8. The third kappa shape index (κ3) is 7.91. The van der Waals surface area contributed by atoms with Gasteiger partial charge in [-0.1, -0.05) is 57.8 Å². The molecule has 0 saturated carbocycles. The summed E-state index contributed by atoms with van der Waals surface area (Å²) in [5.74, 6) is 2.20. The van der Waals surface area contributed by atoms with E-state index in [2.05, 4.69) is 46.8 Å². The Morgan fingerprint density at radius 2 is 1.93 bits per heavy atom. The third-order valence-electron chi connectivity index (χ3n) is 7.77. The second kappa shape index (κ2) is 12.1. The summed E-state index contributed by atoms with van der Waals surface area (Å²) in [5.41, 5.74) is 4.21. The lowest BCUT2D eigenvalue weighted by atomic mass is 9.74. The van der Waals surface area contributed by atoms with Crippen LogP contribution in [-0.4, -0.2) is 16.8 Å². The zero-order chi connectivity index (χ0) is 22.1. The van der Waals surface area contributed by atoms with Crippen molar-refractivity contribution in [2.24, 2.45) is 17.8 Å². The fourth-order valence-corrected chi connectivity index (χ4v) is 5.10. The predicted octanol–water partition coefficient (Wildman–Crippen LogP) is 8.69. The highest BCUT2D eigenvalue weighted by Crippen LogP contribution is 2.43. The summed E-state index contributed by atoms with van der Waals surface area (Å²) >= 11 is 0. The van der Waals surface area contributed by atoms with Crippen LogP contribution in [0.2, 0.25) is 0 Å². The van der Waals surface area contributed by atoms with Crippen LogP contribution >= 0.6 is 0 Å². The van der Waals surface area contributed by atoms with Crippen molar-refractivity contribution in [3.8, 4) is 0 Å². The number of ether oxygens (including phenoxy) is 1. The van der Waals surface area contributed by atoms with Gasteiger partial charge < -0.3 is 9.84 Å². The van der Waals surface area contributed by atoms with Crippen molar-refractivity contribution < 1.29 is 9.84 Å². The molecule has 2 heteroatoms. The van der Waals surface area contributed by atoms with Crippen LogP contribution < -0.4 is 0 Å². The van der Waals surface area contributed by atoms with Gasteiger partial charge in [0, 0.05) is 0 Å². The van der Waals surface area contributed by atoms with E-state index in [-0.39, 0.29) is 5.60 Å². The summed E-state index contributed by atoms with van der Waals surface area (Å²) in [5, 5.41) is 8.95. The van der Waals surface area contributed by atoms with Crippen LogP contribution in [0.3, 0.4) is 0 Å². The Morgan fingerprint density at radius 3 is 2.67 bits per heavy atom. The molecule has 172 valence electrons. The molecule has 2 rings (SSSR count). The monoisotopic (exact) mass is 416 g/mol. The molecule has 0 radical (unpaired) electrons. The minimum absolute atomic E-state index is 0.0769. The molecule has 0 aromatic rings. The fourth-order valence-electron chi connectivity index (χ4n) is 5.10. The molecule has 30 heavy (non-hydrogen) atoms. The van der Waals surface area contributed by atoms with Crippen LogP contribution in [0.4, 0.5) is 0 Å². The molecule has 1 N–H and O–H groups in total. The van der Waals surface area contributed by atoms with Gasteiger partial charge in [-0.3, -0.25) is 0 Å². The van der Waals surface area contributed by atoms with Crippen LogP contribution in [0.15, 0.2) is 35.1 Å². The Balaban J connectivity index is 1.64. The molecule has 2 aliphatic rings. The van der Waals surface area contributed by atoms with E-state index in [9.17, 15) is 0 Å². The van der Waals surface area contributed by atoms with Gasteiger partial charge in [0.1, 0.15) is 0 Å². The molecule has 1 heterocycles. The van der Waals surface area contributed by atoms with Crippen LogP contribution in [-0.2, 0) is 4.74 Å². The molecule has 1 aliphatic carbocycles. The number of hydrogen-bond donors (Lipinski definition) is 1. The standard InChI is InChI=1S/C28H48O2/c1-21(12-8-13-23(3)20-29)10-7-11-22(2)14-9-18-28(6)19-17-26-16-15-24(4)25(5)27(26)30-28/h12,16,20,22,24-25,27,29H,7-11,13-15,17-19H2,1-6H3/b21-12+,23-20+. The van der Waals surface area contributed by atoms with E-state index in [1.165, 1.54) is 69.6 Å². The summed E-state index contributed by atoms with van der Waals surface area (Å²) in [4.78, 5) is 0. The maximum Gasteiger partial charge on any atom is 0.0820 e. The van der Waals surface area contributed by atoms with Crippen molar-refractivity contribution in [2.45, 2.75) is 124 Å². The average molecular weight is 417 g/mol. The van der Waals surface area contributed by atoms with Gasteiger partial charge in [-0.2, -0.15) is 0 Å². The molecule has 0 amide bonds. The van der Waals surface area contributed by atoms with E-state index >= 15 is 0 Å². The molecule has 1 saturated heterocycles. The van der Waals surface area contributed by atoms with E-state index in [1.54, 1.807) is 5.57 Å². The summed E-state index contributed by atoms with van der Waals surface area (Å²) in [7, 11) is 0. The van der Waals surface area contributed by atoms with Gasteiger partial charge in [0.15, 0.2) is 0 Å². The quantitative estimate of drug-likeness (QED) is 0.269. The highest BCUT2D eigenvalue weighted by molar-refractivity contribution is 5.18. The molecular weight excluding hydrogens is 368 g/mol. The lowest BCUT2D eigenvalue weighted by molar-refractivity contribution is -0.125. The molecule has 5 atom stereocenters. The van der Waals surface area contributed by atoms with Crippen molar-refractivity contribution in [1.82, 2.24) is 0 Å². The van der Waals surface area contributed by atoms with Gasteiger partial charge in [0.2, 0.25) is 0 Å². The van der Waals surface area contributed by atoms with Gasteiger partial charge in [-0.05, 0) is 101 Å². The minimum atomic E-state index is 0.0769. The molecule has 1 fully saturated rings. The lowest BCUT2D eigenvalue weighted by Gasteiger charge is -2.46. The third-order valence-corrected chi connectivity index (χ3v) is 7.77. The van der Waals surface area contributed by atoms with E-state index in [0.29, 0.717) is 12.0 Å². The van der Waals surface area contributed by atoms with Gasteiger partial charge in [-0.25, -0.2) is 0 Å². The topological polar surface area (TPSA) is 29.5 Å². The van der Waals surface area contributed by atoms with E-state index in [1.807, 2.05) is 6.92 Å². The zero-order valence-electron chi connectivity index (χ0n) is 20.7. The number of allylic oxidation sites excluding steroid dienone is 4. The Kier molecular flexibility index (Phi) is 10.2. The predicted molar refractivity (Wildman–Crippen MR) is 130 cm³/mol. The first-order valence-electron chi connectivity index (χ1n) is 12.6. The SMILES string of the molecule is C/C(=C\O)CC/C=C(\C)CCCC(C)CCCC1(C)CCC2=CCC(C)C(C)C2O1. The van der Waals surface area contributed by atoms with E-state index < -0.39 is 0 Å². The zero-order valence-corrected chi connectivity index (χ0v) is 20.7. The molecular formula is C28H48O2. The molecule has 0 aromatic heterocycles. The van der Waals surface area contributed by atoms with E-state index in [0.717, 1.165) is 30.3 Å². The van der Waals surface area contributed by atoms with Gasteiger partial charge in [0.25, 0.3) is 0 Å². The second-order valence-electron chi connectivity index (χ2n) is 10.8. The normalized spacial score (nSPS) is 31.3. The van der Waals surface area contributed by atoms with Crippen LogP contribution in [0.5, 0.6) is 0 Å². The number of aliphatic hydroxyl groups excluding tert-OH is 1. The smallest absolute Gasteiger partial charge is 0.0820 e. The maximum absolute atomic E-state index is 8.95. The number of rotatable bonds is 11. The van der Waals surface area contributed by atoms with Gasteiger partial charge in [0.05, 0.1) is 18.0 Å². The number of aliphatic hydroxyl groups is 1. The van der Waals surface area contributed by atoms with Crippen molar-refractivity contribution in [3.63, 3.8) is 0 Å². The number of fused-ring (bicyclic) bond motifs is 1. The number of hydrogen-bond acceptors (Lipinski definition) is 2. The van der Waals surface area contributed by atoms with Crippen molar-refractivity contribution in [3.05, 3.63) is 35.1 Å². The molecule has 0 aromatic carbocycles. The first-order valence-corrected chi connectivity index (χ1v) is 12.6. The molecule has 2 nitrogen and oxygen atoms in total. The van der Waals surface area contributed by atoms with Crippen molar-refractivity contribution in [2.75, 3.05) is 0 Å². The first kappa shape index (κ1) is 25.2. The Labute approximate surface area is 186 Å². The Morgan fingerprint density at radius 1 is 1.20 bits per heavy atom. The lowest BCUT2D eigenvalue weighted by Crippen LogP contribution is -2.45. The first-order chi connectivity index (χ1) is 14.2. The van der Waals surface area contributed by atoms with Gasteiger partial charge in [-0.15, -0.1) is 0 Å². The average Bonchev–Trinajstić information content (AvgIpc) is 2.71. The van der Waals surface area contributed by atoms with Crippen molar-refractivity contribution >= 4 is 0 Å². The summed E-state index contributed by atoms with van der Waals surface area (Å²) in [6, 6.07) is 0. The van der Waals surface area contributed by atoms with Crippen molar-refractivity contribution in [1.29, 1.82) is 0 Å². The minimum Gasteiger partial charge on any atom is -0.516 e. The Hall–Kier alpha value is -1.02. The van der Waals surface area contributed by atoms with Crippen LogP contribution in [0.1, 0.15) is 112 Å². The summed E-state index contributed by atoms with van der Waals surface area (Å²) < 4.78 is 6.72. The van der Waals surface area contributed by atoms with E-state index in [4.69, 9.17) is 9.84 Å². The van der Waals surface area contributed by atoms with Crippen LogP contribution in [0.25, 0.3) is 0 Å². The molecule has 0 bridgehead atoms. The maximum atomic E-state index is 8.95. The summed E-state index contributed by atoms with van der Waals surface area (Å²) in [6.07, 6.45) is 19.7.